The Labute approximate surface area is 116 Å². The number of carbonyl (C=O) groups is 1. The first-order valence-electron chi connectivity index (χ1n) is 6.16. The Hall–Kier alpha value is -2.57. The Morgan fingerprint density at radius 3 is 2.95 bits per heavy atom. The number of nitrogen functional groups attached to an aromatic ring is 1. The molecule has 0 aliphatic rings. The number of nitrogens with zero attached hydrogens (tertiary/aromatic N) is 3. The van der Waals surface area contributed by atoms with Crippen LogP contribution in [0.1, 0.15) is 16.2 Å². The van der Waals surface area contributed by atoms with Crippen LogP contribution in [0.15, 0.2) is 24.5 Å². The van der Waals surface area contributed by atoms with E-state index < -0.39 is 0 Å². The molecule has 7 nitrogen and oxygen atoms in total. The van der Waals surface area contributed by atoms with Gasteiger partial charge in [0.25, 0.3) is 5.91 Å². The van der Waals surface area contributed by atoms with Crippen molar-refractivity contribution in [3.8, 4) is 5.75 Å². The molecule has 0 fully saturated rings. The number of aryl methyl sites for hydroxylation is 1. The summed E-state index contributed by atoms with van der Waals surface area (Å²) in [5.74, 6) is 1.17. The van der Waals surface area contributed by atoms with Crippen molar-refractivity contribution in [2.45, 2.75) is 6.42 Å². The molecule has 0 bridgehead atoms. The van der Waals surface area contributed by atoms with Gasteiger partial charge < -0.3 is 20.4 Å². The van der Waals surface area contributed by atoms with E-state index in [1.54, 1.807) is 31.6 Å². The van der Waals surface area contributed by atoms with Gasteiger partial charge in [0.15, 0.2) is 0 Å². The van der Waals surface area contributed by atoms with Crippen LogP contribution in [0, 0.1) is 0 Å². The fraction of sp³-hybridized carbons (Fsp3) is 0.308. The van der Waals surface area contributed by atoms with Gasteiger partial charge in [-0.25, -0.2) is 0 Å². The van der Waals surface area contributed by atoms with Gasteiger partial charge in [-0.15, -0.1) is 10.2 Å². The summed E-state index contributed by atoms with van der Waals surface area (Å²) >= 11 is 0. The summed E-state index contributed by atoms with van der Waals surface area (Å²) in [6.07, 6.45) is 2.23. The van der Waals surface area contributed by atoms with Crippen molar-refractivity contribution in [1.29, 1.82) is 0 Å². The minimum absolute atomic E-state index is 0.233. The number of ether oxygens (including phenoxy) is 1. The highest BCUT2D eigenvalue weighted by atomic mass is 16.5. The lowest BCUT2D eigenvalue weighted by atomic mass is 10.1. The van der Waals surface area contributed by atoms with E-state index in [1.807, 2.05) is 11.6 Å². The molecule has 0 saturated carbocycles. The van der Waals surface area contributed by atoms with Gasteiger partial charge in [0.1, 0.15) is 17.9 Å². The predicted octanol–water partition coefficient (Wildman–Crippen LogP) is 0.378. The second kappa shape index (κ2) is 6.05. The number of methoxy groups -OCH3 is 1. The van der Waals surface area contributed by atoms with Gasteiger partial charge in [-0.3, -0.25) is 4.79 Å². The molecule has 0 unspecified atom stereocenters. The Kier molecular flexibility index (Phi) is 4.19. The summed E-state index contributed by atoms with van der Waals surface area (Å²) in [6.45, 7) is 0.460. The average Bonchev–Trinajstić information content (AvgIpc) is 2.85. The fourth-order valence-corrected chi connectivity index (χ4v) is 1.78. The molecule has 1 aromatic carbocycles. The number of hydrogen-bond acceptors (Lipinski definition) is 5. The third kappa shape index (κ3) is 3.05. The highest BCUT2D eigenvalue weighted by Crippen LogP contribution is 2.19. The van der Waals surface area contributed by atoms with E-state index in [0.717, 1.165) is 5.82 Å². The summed E-state index contributed by atoms with van der Waals surface area (Å²) < 4.78 is 6.89. The number of amides is 1. The zero-order chi connectivity index (χ0) is 14.5. The molecule has 3 N–H and O–H groups in total. The lowest BCUT2D eigenvalue weighted by molar-refractivity contribution is 0.0954. The van der Waals surface area contributed by atoms with Crippen LogP contribution in [0.4, 0.5) is 5.69 Å². The molecule has 1 aromatic heterocycles. The first-order chi connectivity index (χ1) is 9.61. The molecule has 2 rings (SSSR count). The lowest BCUT2D eigenvalue weighted by Gasteiger charge is -2.09. The van der Waals surface area contributed by atoms with E-state index in [0.29, 0.717) is 30.0 Å². The third-order valence-electron chi connectivity index (χ3n) is 2.94. The van der Waals surface area contributed by atoms with Crippen molar-refractivity contribution in [1.82, 2.24) is 20.1 Å². The molecule has 106 valence electrons. The van der Waals surface area contributed by atoms with Crippen LogP contribution in [0.25, 0.3) is 0 Å². The summed E-state index contributed by atoms with van der Waals surface area (Å²) in [7, 11) is 3.40. The molecule has 2 aromatic rings. The van der Waals surface area contributed by atoms with E-state index in [9.17, 15) is 4.79 Å². The minimum atomic E-state index is -0.233. The van der Waals surface area contributed by atoms with E-state index in [1.165, 1.54) is 0 Å². The van der Waals surface area contributed by atoms with Crippen LogP contribution in [0.5, 0.6) is 5.75 Å². The van der Waals surface area contributed by atoms with Gasteiger partial charge in [0, 0.05) is 25.7 Å². The molecule has 1 amide bonds. The van der Waals surface area contributed by atoms with Gasteiger partial charge in [0.05, 0.1) is 12.7 Å². The first-order valence-corrected chi connectivity index (χ1v) is 6.16. The summed E-state index contributed by atoms with van der Waals surface area (Å²) in [4.78, 5) is 12.1. The number of benzene rings is 1. The standard InChI is InChI=1S/C13H17N5O2/c1-18-8-16-17-12(18)5-6-15-13(19)10-7-9(20-2)3-4-11(10)14/h3-4,7-8H,5-6,14H2,1-2H3,(H,15,19). The Bertz CT molecular complexity index is 609. The van der Waals surface area contributed by atoms with Crippen LogP contribution < -0.4 is 15.8 Å². The van der Waals surface area contributed by atoms with Crippen LogP contribution in [0.3, 0.4) is 0 Å². The van der Waals surface area contributed by atoms with Crippen molar-refractivity contribution in [3.63, 3.8) is 0 Å². The van der Waals surface area contributed by atoms with Gasteiger partial charge in [-0.1, -0.05) is 0 Å². The summed E-state index contributed by atoms with van der Waals surface area (Å²) in [6, 6.07) is 4.98. The number of anilines is 1. The molecule has 7 heteroatoms. The van der Waals surface area contributed by atoms with Crippen LogP contribution in [-0.2, 0) is 13.5 Å². The van der Waals surface area contributed by atoms with Crippen molar-refractivity contribution in [2.75, 3.05) is 19.4 Å². The van der Waals surface area contributed by atoms with Crippen molar-refractivity contribution in [2.24, 2.45) is 7.05 Å². The molecule has 0 atom stereocenters. The molecule has 1 heterocycles. The third-order valence-corrected chi connectivity index (χ3v) is 2.94. The predicted molar refractivity (Wildman–Crippen MR) is 74.4 cm³/mol. The summed E-state index contributed by atoms with van der Waals surface area (Å²) in [5.41, 5.74) is 6.62. The first kappa shape index (κ1) is 13.9. The summed E-state index contributed by atoms with van der Waals surface area (Å²) in [5, 5.41) is 10.5. The number of carbonyl (C=O) groups excluding carboxylic acids is 1. The zero-order valence-electron chi connectivity index (χ0n) is 11.5. The van der Waals surface area contributed by atoms with Crippen LogP contribution >= 0.6 is 0 Å². The molecule has 0 spiro atoms. The number of rotatable bonds is 5. The van der Waals surface area contributed by atoms with Gasteiger partial charge in [-0.05, 0) is 18.2 Å². The largest absolute Gasteiger partial charge is 0.497 e. The van der Waals surface area contributed by atoms with E-state index in [-0.39, 0.29) is 5.91 Å². The monoisotopic (exact) mass is 275 g/mol. The average molecular weight is 275 g/mol. The topological polar surface area (TPSA) is 95.1 Å². The Balaban J connectivity index is 1.96. The second-order valence-corrected chi connectivity index (χ2v) is 4.32. The van der Waals surface area contributed by atoms with E-state index in [2.05, 4.69) is 15.5 Å². The maximum atomic E-state index is 12.1. The van der Waals surface area contributed by atoms with Crippen LogP contribution in [0.2, 0.25) is 0 Å². The quantitative estimate of drug-likeness (QED) is 0.769. The smallest absolute Gasteiger partial charge is 0.253 e. The Morgan fingerprint density at radius 2 is 2.30 bits per heavy atom. The van der Waals surface area contributed by atoms with Gasteiger partial charge in [-0.2, -0.15) is 0 Å². The molecule has 0 aliphatic heterocycles. The lowest BCUT2D eigenvalue weighted by Crippen LogP contribution is -2.27. The highest BCUT2D eigenvalue weighted by Gasteiger charge is 2.11. The zero-order valence-corrected chi connectivity index (χ0v) is 11.5. The van der Waals surface area contributed by atoms with Gasteiger partial charge in [0.2, 0.25) is 0 Å². The molecular formula is C13H17N5O2. The SMILES string of the molecule is COc1ccc(N)c(C(=O)NCCc2nncn2C)c1. The number of hydrogen-bond donors (Lipinski definition) is 2. The number of nitrogens with one attached hydrogen (secondary N) is 1. The van der Waals surface area contributed by atoms with Crippen molar-refractivity contribution >= 4 is 11.6 Å². The Morgan fingerprint density at radius 1 is 1.50 bits per heavy atom. The molecular weight excluding hydrogens is 258 g/mol. The number of aromatic nitrogens is 3. The van der Waals surface area contributed by atoms with E-state index >= 15 is 0 Å². The minimum Gasteiger partial charge on any atom is -0.497 e. The molecule has 20 heavy (non-hydrogen) atoms. The second-order valence-electron chi connectivity index (χ2n) is 4.32. The maximum absolute atomic E-state index is 12.1. The van der Waals surface area contributed by atoms with Crippen molar-refractivity contribution < 1.29 is 9.53 Å². The molecule has 0 aliphatic carbocycles. The molecule has 0 saturated heterocycles. The van der Waals surface area contributed by atoms with Crippen molar-refractivity contribution in [3.05, 3.63) is 35.9 Å². The van der Waals surface area contributed by atoms with E-state index in [4.69, 9.17) is 10.5 Å². The highest BCUT2D eigenvalue weighted by molar-refractivity contribution is 5.99. The number of nitrogens with two attached hydrogens (primary N) is 1. The van der Waals surface area contributed by atoms with Crippen LogP contribution in [-0.4, -0.2) is 34.3 Å². The maximum Gasteiger partial charge on any atom is 0.253 e. The van der Waals surface area contributed by atoms with Gasteiger partial charge >= 0.3 is 0 Å². The fourth-order valence-electron chi connectivity index (χ4n) is 1.78. The molecule has 0 radical (unpaired) electrons. The normalized spacial score (nSPS) is 10.3.